The average Bonchev–Trinajstić information content (AvgIpc) is 3.19. The average molecular weight is 346 g/mol. The molecule has 2 heterocycles. The molecule has 2 aromatic carbocycles. The highest BCUT2D eigenvalue weighted by Gasteiger charge is 2.26. The summed E-state index contributed by atoms with van der Waals surface area (Å²) in [5.74, 6) is -0.161. The second kappa shape index (κ2) is 6.18. The first kappa shape index (κ1) is 15.6. The number of carbonyl (C=O) groups excluding carboxylic acids is 2. The number of hydrogen-bond donors (Lipinski definition) is 0. The number of nitrogens with zero attached hydrogens (tertiary/aromatic N) is 2. The third kappa shape index (κ3) is 2.83. The van der Waals surface area contributed by atoms with E-state index in [4.69, 9.17) is 0 Å². The van der Waals surface area contributed by atoms with Gasteiger partial charge in [-0.3, -0.25) is 9.59 Å². The van der Waals surface area contributed by atoms with E-state index in [1.165, 1.54) is 23.4 Å². The molecule has 1 aromatic heterocycles. The Hall–Kier alpha value is -2.92. The largest absolute Gasteiger partial charge is 0.288 e. The van der Waals surface area contributed by atoms with E-state index in [0.717, 1.165) is 21.6 Å². The molecule has 122 valence electrons. The van der Waals surface area contributed by atoms with E-state index >= 15 is 0 Å². The summed E-state index contributed by atoms with van der Waals surface area (Å²) in [5.41, 5.74) is 3.07. The number of ketones is 1. The van der Waals surface area contributed by atoms with Crippen molar-refractivity contribution in [3.05, 3.63) is 76.8 Å². The van der Waals surface area contributed by atoms with E-state index in [1.807, 2.05) is 60.7 Å². The SMILES string of the molecule is CC(=O)n1cc(/C=C2\Sc3ccccc3C2=O)c(-c2ccccc2)n1. The molecule has 0 saturated carbocycles. The highest BCUT2D eigenvalue weighted by Crippen LogP contribution is 2.41. The highest BCUT2D eigenvalue weighted by atomic mass is 32.2. The number of hydrogen-bond acceptors (Lipinski definition) is 4. The molecule has 0 radical (unpaired) electrons. The molecule has 3 aromatic rings. The van der Waals surface area contributed by atoms with Crippen molar-refractivity contribution < 1.29 is 9.59 Å². The maximum Gasteiger partial charge on any atom is 0.243 e. The van der Waals surface area contributed by atoms with Gasteiger partial charge in [-0.2, -0.15) is 5.10 Å². The first-order chi connectivity index (χ1) is 12.1. The normalized spacial score (nSPS) is 14.8. The van der Waals surface area contributed by atoms with E-state index in [-0.39, 0.29) is 11.7 Å². The first-order valence-corrected chi connectivity index (χ1v) is 8.64. The van der Waals surface area contributed by atoms with Gasteiger partial charge in [0.2, 0.25) is 11.7 Å². The smallest absolute Gasteiger partial charge is 0.243 e. The predicted molar refractivity (Wildman–Crippen MR) is 98.6 cm³/mol. The molecule has 0 N–H and O–H groups in total. The number of aromatic nitrogens is 2. The molecule has 4 nitrogen and oxygen atoms in total. The van der Waals surface area contributed by atoms with Crippen LogP contribution in [0.1, 0.15) is 27.6 Å². The van der Waals surface area contributed by atoms with Gasteiger partial charge in [-0.1, -0.05) is 54.2 Å². The van der Waals surface area contributed by atoms with E-state index in [0.29, 0.717) is 10.6 Å². The van der Waals surface area contributed by atoms with Crippen molar-refractivity contribution >= 4 is 29.5 Å². The molecule has 0 bridgehead atoms. The van der Waals surface area contributed by atoms with Crippen LogP contribution in [-0.4, -0.2) is 21.5 Å². The summed E-state index contributed by atoms with van der Waals surface area (Å²) >= 11 is 1.45. The summed E-state index contributed by atoms with van der Waals surface area (Å²) < 4.78 is 1.31. The molecule has 0 amide bonds. The maximum atomic E-state index is 12.6. The summed E-state index contributed by atoms with van der Waals surface area (Å²) in [4.78, 5) is 25.9. The molecule has 5 heteroatoms. The number of Topliss-reactive ketones (excluding diaryl/α,β-unsaturated/α-hetero) is 1. The lowest BCUT2D eigenvalue weighted by atomic mass is 10.1. The van der Waals surface area contributed by atoms with Crippen LogP contribution in [0, 0.1) is 0 Å². The number of benzene rings is 2. The third-order valence-corrected chi connectivity index (χ3v) is 5.07. The van der Waals surface area contributed by atoms with Gasteiger partial charge in [-0.15, -0.1) is 0 Å². The Kier molecular flexibility index (Phi) is 3.86. The lowest BCUT2D eigenvalue weighted by Gasteiger charge is -1.99. The molecule has 0 aliphatic carbocycles. The van der Waals surface area contributed by atoms with Crippen LogP contribution in [0.2, 0.25) is 0 Å². The molecule has 0 saturated heterocycles. The fourth-order valence-corrected chi connectivity index (χ4v) is 3.79. The minimum atomic E-state index is -0.171. The van der Waals surface area contributed by atoms with E-state index < -0.39 is 0 Å². The summed E-state index contributed by atoms with van der Waals surface area (Å²) in [6, 6.07) is 17.2. The van der Waals surface area contributed by atoms with Crippen LogP contribution in [0.3, 0.4) is 0 Å². The maximum absolute atomic E-state index is 12.6. The van der Waals surface area contributed by atoms with Crippen LogP contribution in [0.4, 0.5) is 0 Å². The van der Waals surface area contributed by atoms with Gasteiger partial charge in [0.1, 0.15) is 5.69 Å². The molecule has 4 rings (SSSR count). The number of rotatable bonds is 2. The van der Waals surface area contributed by atoms with E-state index in [9.17, 15) is 9.59 Å². The molecule has 1 aliphatic rings. The van der Waals surface area contributed by atoms with Crippen molar-refractivity contribution in [3.63, 3.8) is 0 Å². The second-order valence-corrected chi connectivity index (χ2v) is 6.78. The zero-order valence-corrected chi connectivity index (χ0v) is 14.3. The number of allylic oxidation sites excluding steroid dienone is 1. The van der Waals surface area contributed by atoms with Gasteiger partial charge in [0, 0.05) is 34.7 Å². The first-order valence-electron chi connectivity index (χ1n) is 7.83. The topological polar surface area (TPSA) is 52.0 Å². The van der Waals surface area contributed by atoms with E-state index in [1.54, 1.807) is 6.20 Å². The van der Waals surface area contributed by atoms with Gasteiger partial charge in [0.15, 0.2) is 0 Å². The second-order valence-electron chi connectivity index (χ2n) is 5.70. The molecule has 0 atom stereocenters. The van der Waals surface area contributed by atoms with Crippen molar-refractivity contribution in [3.8, 4) is 11.3 Å². The lowest BCUT2D eigenvalue weighted by Crippen LogP contribution is -2.05. The number of carbonyl (C=O) groups is 2. The fraction of sp³-hybridized carbons (Fsp3) is 0.0500. The van der Waals surface area contributed by atoms with Crippen LogP contribution < -0.4 is 0 Å². The number of fused-ring (bicyclic) bond motifs is 1. The van der Waals surface area contributed by atoms with Crippen molar-refractivity contribution in [2.75, 3.05) is 0 Å². The summed E-state index contributed by atoms with van der Waals surface area (Å²) in [7, 11) is 0. The van der Waals surface area contributed by atoms with Crippen molar-refractivity contribution in [1.82, 2.24) is 9.78 Å². The monoisotopic (exact) mass is 346 g/mol. The van der Waals surface area contributed by atoms with Crippen molar-refractivity contribution in [1.29, 1.82) is 0 Å². The molecule has 0 unspecified atom stereocenters. The Morgan fingerprint density at radius 1 is 1.08 bits per heavy atom. The number of thioether (sulfide) groups is 1. The Labute approximate surface area is 149 Å². The Morgan fingerprint density at radius 3 is 2.52 bits per heavy atom. The Balaban J connectivity index is 1.81. The quantitative estimate of drug-likeness (QED) is 0.639. The predicted octanol–water partition coefficient (Wildman–Crippen LogP) is 4.54. The summed E-state index contributed by atoms with van der Waals surface area (Å²) in [6.45, 7) is 1.46. The summed E-state index contributed by atoms with van der Waals surface area (Å²) in [6.07, 6.45) is 3.50. The van der Waals surface area contributed by atoms with Crippen LogP contribution in [0.25, 0.3) is 17.3 Å². The van der Waals surface area contributed by atoms with Gasteiger partial charge < -0.3 is 0 Å². The molecule has 1 aliphatic heterocycles. The van der Waals surface area contributed by atoms with Crippen LogP contribution >= 0.6 is 11.8 Å². The van der Waals surface area contributed by atoms with Crippen molar-refractivity contribution in [2.24, 2.45) is 0 Å². The zero-order valence-electron chi connectivity index (χ0n) is 13.5. The minimum absolute atomic E-state index is 0.00943. The van der Waals surface area contributed by atoms with Gasteiger partial charge >= 0.3 is 0 Å². The highest BCUT2D eigenvalue weighted by molar-refractivity contribution is 8.04. The molecule has 25 heavy (non-hydrogen) atoms. The lowest BCUT2D eigenvalue weighted by molar-refractivity contribution is 0.0921. The standard InChI is InChI=1S/C20H14N2O2S/c1-13(23)22-12-15(19(21-22)14-7-3-2-4-8-14)11-18-20(24)16-9-5-6-10-17(16)25-18/h2-12H,1H3/b18-11-. The van der Waals surface area contributed by atoms with E-state index in [2.05, 4.69) is 5.10 Å². The van der Waals surface area contributed by atoms with Gasteiger partial charge in [0.05, 0.1) is 4.91 Å². The molecule has 0 spiro atoms. The van der Waals surface area contributed by atoms with Gasteiger partial charge in [0.25, 0.3) is 0 Å². The summed E-state index contributed by atoms with van der Waals surface area (Å²) in [5, 5.41) is 4.40. The van der Waals surface area contributed by atoms with Crippen LogP contribution in [-0.2, 0) is 0 Å². The minimum Gasteiger partial charge on any atom is -0.288 e. The fourth-order valence-electron chi connectivity index (χ4n) is 2.75. The molecular formula is C20H14N2O2S. The van der Waals surface area contributed by atoms with Gasteiger partial charge in [-0.05, 0) is 18.2 Å². The molecular weight excluding hydrogens is 332 g/mol. The Bertz CT molecular complexity index is 1020. The molecule has 0 fully saturated rings. The third-order valence-electron chi connectivity index (χ3n) is 3.97. The van der Waals surface area contributed by atoms with Crippen LogP contribution in [0.5, 0.6) is 0 Å². The van der Waals surface area contributed by atoms with Gasteiger partial charge in [-0.25, -0.2) is 4.68 Å². The Morgan fingerprint density at radius 2 is 1.80 bits per heavy atom. The van der Waals surface area contributed by atoms with Crippen molar-refractivity contribution in [2.45, 2.75) is 11.8 Å². The zero-order chi connectivity index (χ0) is 17.4. The van der Waals surface area contributed by atoms with Crippen LogP contribution in [0.15, 0.2) is 70.6 Å².